The summed E-state index contributed by atoms with van der Waals surface area (Å²) in [4.78, 5) is 24.6. The molecular formula is C13H15NO3. The number of benzene rings is 1. The normalized spacial score (nSPS) is 24.1. The molecule has 1 aromatic rings. The van der Waals surface area contributed by atoms with E-state index in [-0.39, 0.29) is 18.4 Å². The Labute approximate surface area is 99.9 Å². The molecule has 1 aliphatic rings. The van der Waals surface area contributed by atoms with Gasteiger partial charge in [-0.25, -0.2) is 0 Å². The Morgan fingerprint density at radius 2 is 2.06 bits per heavy atom. The van der Waals surface area contributed by atoms with Crippen LogP contribution in [0.25, 0.3) is 0 Å². The van der Waals surface area contributed by atoms with Gasteiger partial charge in [0, 0.05) is 13.0 Å². The molecule has 4 heteroatoms. The van der Waals surface area contributed by atoms with E-state index >= 15 is 0 Å². The van der Waals surface area contributed by atoms with Crippen molar-refractivity contribution < 1.29 is 14.7 Å². The zero-order chi connectivity index (χ0) is 12.4. The van der Waals surface area contributed by atoms with Gasteiger partial charge in [-0.3, -0.25) is 9.59 Å². The molecule has 1 aliphatic heterocycles. The second-order valence-corrected chi connectivity index (χ2v) is 4.18. The maximum Gasteiger partial charge on any atom is 0.309 e. The predicted octanol–water partition coefficient (Wildman–Crippen LogP) is 1.68. The van der Waals surface area contributed by atoms with Gasteiger partial charge in [0.25, 0.3) is 0 Å². The van der Waals surface area contributed by atoms with E-state index in [0.29, 0.717) is 6.54 Å². The van der Waals surface area contributed by atoms with Crippen molar-refractivity contribution in [2.75, 3.05) is 6.54 Å². The summed E-state index contributed by atoms with van der Waals surface area (Å²) in [5.74, 6) is -1.61. The monoisotopic (exact) mass is 233 g/mol. The molecule has 0 spiro atoms. The fourth-order valence-electron chi connectivity index (χ4n) is 2.45. The highest BCUT2D eigenvalue weighted by Crippen LogP contribution is 2.37. The third-order valence-electron chi connectivity index (χ3n) is 3.23. The summed E-state index contributed by atoms with van der Waals surface area (Å²) in [5.41, 5.74) is 0.896. The summed E-state index contributed by atoms with van der Waals surface area (Å²) in [6, 6.07) is 9.04. The Bertz CT molecular complexity index is 430. The minimum atomic E-state index is -0.900. The molecule has 0 aliphatic carbocycles. The molecule has 2 unspecified atom stereocenters. The first-order valence-electron chi connectivity index (χ1n) is 5.72. The van der Waals surface area contributed by atoms with E-state index in [9.17, 15) is 14.7 Å². The van der Waals surface area contributed by atoms with Crippen LogP contribution in [0.4, 0.5) is 0 Å². The zero-order valence-electron chi connectivity index (χ0n) is 9.67. The van der Waals surface area contributed by atoms with Crippen LogP contribution in [0.2, 0.25) is 0 Å². The van der Waals surface area contributed by atoms with Gasteiger partial charge in [0.1, 0.15) is 0 Å². The van der Waals surface area contributed by atoms with Gasteiger partial charge in [-0.2, -0.15) is 0 Å². The van der Waals surface area contributed by atoms with Crippen LogP contribution in [-0.4, -0.2) is 28.4 Å². The third kappa shape index (κ3) is 2.02. The van der Waals surface area contributed by atoms with Crippen LogP contribution in [0.3, 0.4) is 0 Å². The fourth-order valence-corrected chi connectivity index (χ4v) is 2.45. The summed E-state index contributed by atoms with van der Waals surface area (Å²) in [5, 5.41) is 9.20. The van der Waals surface area contributed by atoms with Crippen molar-refractivity contribution >= 4 is 11.9 Å². The van der Waals surface area contributed by atoms with E-state index in [4.69, 9.17) is 0 Å². The first kappa shape index (κ1) is 11.6. The van der Waals surface area contributed by atoms with Crippen molar-refractivity contribution in [1.82, 2.24) is 4.90 Å². The van der Waals surface area contributed by atoms with Crippen LogP contribution >= 0.6 is 0 Å². The summed E-state index contributed by atoms with van der Waals surface area (Å²) < 4.78 is 0. The minimum Gasteiger partial charge on any atom is -0.481 e. The average molecular weight is 233 g/mol. The second kappa shape index (κ2) is 4.57. The minimum absolute atomic E-state index is 0.0752. The Kier molecular flexibility index (Phi) is 3.13. The number of carbonyl (C=O) groups excluding carboxylic acids is 1. The largest absolute Gasteiger partial charge is 0.481 e. The lowest BCUT2D eigenvalue weighted by Crippen LogP contribution is -2.30. The van der Waals surface area contributed by atoms with E-state index in [1.807, 2.05) is 37.3 Å². The van der Waals surface area contributed by atoms with Gasteiger partial charge < -0.3 is 10.0 Å². The lowest BCUT2D eigenvalue weighted by atomic mass is 9.94. The Morgan fingerprint density at radius 1 is 1.41 bits per heavy atom. The Morgan fingerprint density at radius 3 is 2.59 bits per heavy atom. The molecule has 17 heavy (non-hydrogen) atoms. The summed E-state index contributed by atoms with van der Waals surface area (Å²) in [6.07, 6.45) is 0.0999. The van der Waals surface area contributed by atoms with Crippen molar-refractivity contribution in [3.8, 4) is 0 Å². The molecule has 90 valence electrons. The maximum atomic E-state index is 11.8. The second-order valence-electron chi connectivity index (χ2n) is 4.18. The Hall–Kier alpha value is -1.84. The molecule has 0 aromatic heterocycles. The number of hydrogen-bond donors (Lipinski definition) is 1. The number of nitrogens with zero attached hydrogens (tertiary/aromatic N) is 1. The molecule has 1 amide bonds. The zero-order valence-corrected chi connectivity index (χ0v) is 9.67. The molecule has 1 fully saturated rings. The molecule has 4 nitrogen and oxygen atoms in total. The van der Waals surface area contributed by atoms with Crippen molar-refractivity contribution in [3.05, 3.63) is 35.9 Å². The molecule has 0 bridgehead atoms. The van der Waals surface area contributed by atoms with Gasteiger partial charge in [-0.05, 0) is 12.5 Å². The number of amides is 1. The summed E-state index contributed by atoms with van der Waals surface area (Å²) in [6.45, 7) is 2.42. The summed E-state index contributed by atoms with van der Waals surface area (Å²) in [7, 11) is 0. The third-order valence-corrected chi connectivity index (χ3v) is 3.23. The SMILES string of the molecule is CCN1C(=O)CC(C(=O)O)C1c1ccccc1. The highest BCUT2D eigenvalue weighted by atomic mass is 16.4. The molecule has 1 heterocycles. The van der Waals surface area contributed by atoms with Crippen molar-refractivity contribution in [2.24, 2.45) is 5.92 Å². The molecular weight excluding hydrogens is 218 g/mol. The van der Waals surface area contributed by atoms with Crippen molar-refractivity contribution in [3.63, 3.8) is 0 Å². The standard InChI is InChI=1S/C13H15NO3/c1-2-14-11(15)8-10(13(16)17)12(14)9-6-4-3-5-7-9/h3-7,10,12H,2,8H2,1H3,(H,16,17). The topological polar surface area (TPSA) is 57.6 Å². The van der Waals surface area contributed by atoms with Crippen LogP contribution in [0.1, 0.15) is 24.9 Å². The number of aliphatic carboxylic acids is 1. The number of likely N-dealkylation sites (tertiary alicyclic amines) is 1. The lowest BCUT2D eigenvalue weighted by Gasteiger charge is -2.25. The maximum absolute atomic E-state index is 11.8. The number of carboxylic acid groups (broad SMARTS) is 1. The van der Waals surface area contributed by atoms with E-state index in [1.165, 1.54) is 0 Å². The number of carbonyl (C=O) groups is 2. The van der Waals surface area contributed by atoms with Crippen molar-refractivity contribution in [1.29, 1.82) is 0 Å². The molecule has 0 radical (unpaired) electrons. The van der Waals surface area contributed by atoms with E-state index < -0.39 is 11.9 Å². The van der Waals surface area contributed by atoms with Crippen LogP contribution in [0.5, 0.6) is 0 Å². The van der Waals surface area contributed by atoms with E-state index in [2.05, 4.69) is 0 Å². The van der Waals surface area contributed by atoms with Crippen molar-refractivity contribution in [2.45, 2.75) is 19.4 Å². The highest BCUT2D eigenvalue weighted by molar-refractivity contribution is 5.87. The smallest absolute Gasteiger partial charge is 0.309 e. The quantitative estimate of drug-likeness (QED) is 0.864. The van der Waals surface area contributed by atoms with Gasteiger partial charge in [-0.1, -0.05) is 30.3 Å². The van der Waals surface area contributed by atoms with Crippen LogP contribution in [-0.2, 0) is 9.59 Å². The van der Waals surface area contributed by atoms with E-state index in [1.54, 1.807) is 4.90 Å². The molecule has 1 saturated heterocycles. The van der Waals surface area contributed by atoms with Gasteiger partial charge in [0.05, 0.1) is 12.0 Å². The molecule has 2 atom stereocenters. The van der Waals surface area contributed by atoms with Gasteiger partial charge >= 0.3 is 5.97 Å². The molecule has 2 rings (SSSR count). The molecule has 1 N–H and O–H groups in total. The predicted molar refractivity (Wildman–Crippen MR) is 62.3 cm³/mol. The number of rotatable bonds is 3. The fraction of sp³-hybridized carbons (Fsp3) is 0.385. The summed E-state index contributed by atoms with van der Waals surface area (Å²) >= 11 is 0. The van der Waals surface area contributed by atoms with Gasteiger partial charge in [0.15, 0.2) is 0 Å². The number of hydrogen-bond acceptors (Lipinski definition) is 2. The molecule has 1 aromatic carbocycles. The average Bonchev–Trinajstić information content (AvgIpc) is 2.67. The first-order valence-corrected chi connectivity index (χ1v) is 5.72. The van der Waals surface area contributed by atoms with Crippen LogP contribution in [0.15, 0.2) is 30.3 Å². The number of carboxylic acids is 1. The highest BCUT2D eigenvalue weighted by Gasteiger charge is 2.43. The van der Waals surface area contributed by atoms with Crippen LogP contribution in [0, 0.1) is 5.92 Å². The van der Waals surface area contributed by atoms with Gasteiger partial charge in [-0.15, -0.1) is 0 Å². The lowest BCUT2D eigenvalue weighted by molar-refractivity contribution is -0.142. The first-order chi connectivity index (χ1) is 8.15. The van der Waals surface area contributed by atoms with Gasteiger partial charge in [0.2, 0.25) is 5.91 Å². The van der Waals surface area contributed by atoms with Crippen LogP contribution < -0.4 is 0 Å². The van der Waals surface area contributed by atoms with E-state index in [0.717, 1.165) is 5.56 Å². The molecule has 0 saturated carbocycles. The Balaban J connectivity index is 2.39.